The van der Waals surface area contributed by atoms with Gasteiger partial charge in [-0.2, -0.15) is 6.08 Å². The smallest absolute Gasteiger partial charge is 0 e. The van der Waals surface area contributed by atoms with Crippen LogP contribution in [0.1, 0.15) is 6.42 Å². The molecular weight excluding hydrogens is 428 g/mol. The second-order valence-corrected chi connectivity index (χ2v) is 1.00. The maximum Gasteiger partial charge on any atom is 0 e. The molecule has 0 heterocycles. The summed E-state index contributed by atoms with van der Waals surface area (Å²) in [5.74, 6) is 0. The van der Waals surface area contributed by atoms with Gasteiger partial charge in [-0.3, -0.25) is 6.08 Å². The van der Waals surface area contributed by atoms with Crippen LogP contribution in [-0.4, -0.2) is 0 Å². The maximum atomic E-state index is 2.99. The van der Waals surface area contributed by atoms with Crippen molar-refractivity contribution in [3.8, 4) is 0 Å². The van der Waals surface area contributed by atoms with Crippen molar-refractivity contribution < 1.29 is 42.1 Å². The van der Waals surface area contributed by atoms with Crippen molar-refractivity contribution in [3.63, 3.8) is 0 Å². The fourth-order valence-electron chi connectivity index (χ4n) is 0.340. The molecule has 0 nitrogen and oxygen atoms in total. The van der Waals surface area contributed by atoms with E-state index in [9.17, 15) is 0 Å². The Morgan fingerprint density at radius 3 is 2.14 bits per heavy atom. The molecule has 1 aliphatic carbocycles. The van der Waals surface area contributed by atoms with Gasteiger partial charge in [0.05, 0.1) is 0 Å². The normalized spacial score (nSPS) is 12.6. The van der Waals surface area contributed by atoms with E-state index in [-0.39, 0.29) is 42.1 Å². The Balaban J connectivity index is 0. The van der Waals surface area contributed by atoms with E-state index in [1.165, 1.54) is 0 Å². The van der Waals surface area contributed by atoms with Gasteiger partial charge in [-0.15, -0.1) is 6.42 Å². The Kier molecular flexibility index (Phi) is 10.5. The van der Waals surface area contributed by atoms with E-state index < -0.39 is 0 Å². The Morgan fingerprint density at radius 1 is 1.29 bits per heavy atom. The SMILES string of the molecule is [C-]1=CC=CC1.[W].[W]. The summed E-state index contributed by atoms with van der Waals surface area (Å²) in [4.78, 5) is 0. The van der Waals surface area contributed by atoms with Crippen molar-refractivity contribution in [1.29, 1.82) is 0 Å². The van der Waals surface area contributed by atoms with Gasteiger partial charge < -0.3 is 0 Å². The molecule has 0 aromatic carbocycles. The Bertz CT molecular complexity index is 64.1. The van der Waals surface area contributed by atoms with Crippen molar-refractivity contribution in [1.82, 2.24) is 0 Å². The van der Waals surface area contributed by atoms with Crippen molar-refractivity contribution in [2.75, 3.05) is 0 Å². The second-order valence-electron chi connectivity index (χ2n) is 1.00. The quantitative estimate of drug-likeness (QED) is 0.506. The summed E-state index contributed by atoms with van der Waals surface area (Å²) >= 11 is 0. The Morgan fingerprint density at radius 2 is 2.00 bits per heavy atom. The predicted molar refractivity (Wildman–Crippen MR) is 21.6 cm³/mol. The third kappa shape index (κ3) is 4.72. The van der Waals surface area contributed by atoms with E-state index in [2.05, 4.69) is 12.2 Å². The first-order chi connectivity index (χ1) is 2.50. The average Bonchev–Trinajstić information content (AvgIpc) is 1.76. The standard InChI is InChI=1S/C5H5.2W/c1-2-4-5-3-1;;/h1-3H,4H2;;/q-1;;. The number of rotatable bonds is 0. The number of hydrogen-bond donors (Lipinski definition) is 0. The summed E-state index contributed by atoms with van der Waals surface area (Å²) in [6.07, 6.45) is 10.0. The number of allylic oxidation sites excluding steroid dienone is 4. The van der Waals surface area contributed by atoms with E-state index in [4.69, 9.17) is 0 Å². The van der Waals surface area contributed by atoms with E-state index >= 15 is 0 Å². The first-order valence-electron chi connectivity index (χ1n) is 1.72. The molecule has 0 aromatic heterocycles. The molecule has 1 aliphatic rings. The van der Waals surface area contributed by atoms with Gasteiger partial charge >= 0.3 is 0 Å². The molecule has 38 valence electrons. The molecular formula is C5H5W2-. The third-order valence-electron chi connectivity index (χ3n) is 0.586. The molecule has 0 unspecified atom stereocenters. The molecule has 1 rings (SSSR count). The minimum absolute atomic E-state index is 0. The van der Waals surface area contributed by atoms with E-state index in [1.807, 2.05) is 12.2 Å². The average molecular weight is 433 g/mol. The van der Waals surface area contributed by atoms with Crippen LogP contribution in [0, 0.1) is 6.08 Å². The van der Waals surface area contributed by atoms with Crippen LogP contribution in [0.5, 0.6) is 0 Å². The minimum atomic E-state index is 0. The van der Waals surface area contributed by atoms with E-state index in [1.54, 1.807) is 0 Å². The van der Waals surface area contributed by atoms with Crippen molar-refractivity contribution in [3.05, 3.63) is 24.3 Å². The zero-order valence-corrected chi connectivity index (χ0v) is 9.62. The molecule has 0 amide bonds. The van der Waals surface area contributed by atoms with Crippen molar-refractivity contribution in [2.45, 2.75) is 6.42 Å². The molecule has 0 atom stereocenters. The minimum Gasteiger partial charge on any atom is -0.273 e. The van der Waals surface area contributed by atoms with Crippen LogP contribution in [0.15, 0.2) is 18.2 Å². The van der Waals surface area contributed by atoms with Gasteiger partial charge in [-0.05, 0) is 0 Å². The molecule has 0 aliphatic heterocycles. The number of hydrogen-bond acceptors (Lipinski definition) is 0. The maximum absolute atomic E-state index is 2.99. The van der Waals surface area contributed by atoms with Crippen LogP contribution in [0.4, 0.5) is 0 Å². The fourth-order valence-corrected chi connectivity index (χ4v) is 0.340. The predicted octanol–water partition coefficient (Wildman–Crippen LogP) is 1.30. The fraction of sp³-hybridized carbons (Fsp3) is 0.200. The molecule has 0 spiro atoms. The van der Waals surface area contributed by atoms with Gasteiger partial charge in [0.15, 0.2) is 0 Å². The van der Waals surface area contributed by atoms with Gasteiger partial charge in [-0.1, -0.05) is 0 Å². The Hall–Kier alpha value is 0.857. The molecule has 0 fully saturated rings. The summed E-state index contributed by atoms with van der Waals surface area (Å²) in [6.45, 7) is 0. The molecule has 0 saturated carbocycles. The third-order valence-corrected chi connectivity index (χ3v) is 0.586. The molecule has 0 radical (unpaired) electrons. The molecule has 7 heavy (non-hydrogen) atoms. The zero-order chi connectivity index (χ0) is 3.54. The first kappa shape index (κ1) is 10.8. The van der Waals surface area contributed by atoms with Gasteiger partial charge in [0.1, 0.15) is 0 Å². The van der Waals surface area contributed by atoms with Crippen LogP contribution >= 0.6 is 0 Å². The van der Waals surface area contributed by atoms with Crippen LogP contribution in [0.25, 0.3) is 0 Å². The second kappa shape index (κ2) is 6.86. The monoisotopic (exact) mass is 433 g/mol. The molecule has 0 aromatic rings. The summed E-state index contributed by atoms with van der Waals surface area (Å²) in [7, 11) is 0. The van der Waals surface area contributed by atoms with E-state index in [0.717, 1.165) is 6.42 Å². The summed E-state index contributed by atoms with van der Waals surface area (Å²) < 4.78 is 0. The largest absolute Gasteiger partial charge is 0.273 e. The first-order valence-corrected chi connectivity index (χ1v) is 1.72. The zero-order valence-electron chi connectivity index (χ0n) is 3.76. The molecule has 0 bridgehead atoms. The molecule has 0 N–H and O–H groups in total. The molecule has 2 heteroatoms. The summed E-state index contributed by atoms with van der Waals surface area (Å²) in [5.41, 5.74) is 0. The molecule has 0 saturated heterocycles. The topological polar surface area (TPSA) is 0 Å². The van der Waals surface area contributed by atoms with Crippen molar-refractivity contribution >= 4 is 0 Å². The summed E-state index contributed by atoms with van der Waals surface area (Å²) in [6, 6.07) is 0. The van der Waals surface area contributed by atoms with Crippen LogP contribution < -0.4 is 0 Å². The van der Waals surface area contributed by atoms with Crippen molar-refractivity contribution in [2.24, 2.45) is 0 Å². The van der Waals surface area contributed by atoms with Gasteiger partial charge in [-0.25, -0.2) is 12.2 Å². The van der Waals surface area contributed by atoms with Crippen LogP contribution in [-0.2, 0) is 42.1 Å². The Labute approximate surface area is 72.6 Å². The van der Waals surface area contributed by atoms with Gasteiger partial charge in [0.2, 0.25) is 0 Å². The summed E-state index contributed by atoms with van der Waals surface area (Å²) in [5, 5.41) is 0. The van der Waals surface area contributed by atoms with E-state index in [0.29, 0.717) is 0 Å². The van der Waals surface area contributed by atoms with Crippen LogP contribution in [0.2, 0.25) is 0 Å². The van der Waals surface area contributed by atoms with Gasteiger partial charge in [0.25, 0.3) is 0 Å². The van der Waals surface area contributed by atoms with Gasteiger partial charge in [0, 0.05) is 42.1 Å². The van der Waals surface area contributed by atoms with Crippen LogP contribution in [0.3, 0.4) is 0 Å².